The number of alkyl carbamates (subject to hydrolysis) is 1. The lowest BCUT2D eigenvalue weighted by atomic mass is 10.0. The van der Waals surface area contributed by atoms with E-state index < -0.39 is 17.2 Å². The Morgan fingerprint density at radius 3 is 2.20 bits per heavy atom. The maximum Gasteiger partial charge on any atom is 0.408 e. The van der Waals surface area contributed by atoms with Gasteiger partial charge in [-0.05, 0) is 57.9 Å². The van der Waals surface area contributed by atoms with Crippen LogP contribution in [0.5, 0.6) is 0 Å². The standard InChI is InChI=1S/C15H18ClNO3/c1-14(2,3)20-13(19)17-15(8-9-15)12(18)10-4-6-11(16)7-5-10/h4-7H,8-9H2,1-3H3,(H,17,19). The number of ketones is 1. The van der Waals surface area contributed by atoms with Crippen LogP contribution < -0.4 is 5.32 Å². The molecule has 1 aromatic carbocycles. The zero-order valence-electron chi connectivity index (χ0n) is 11.8. The lowest BCUT2D eigenvalue weighted by Crippen LogP contribution is -2.45. The molecule has 108 valence electrons. The molecule has 0 aliphatic heterocycles. The predicted molar refractivity (Wildman–Crippen MR) is 77.1 cm³/mol. The minimum Gasteiger partial charge on any atom is -0.444 e. The molecule has 0 unspecified atom stereocenters. The smallest absolute Gasteiger partial charge is 0.408 e. The molecule has 20 heavy (non-hydrogen) atoms. The molecular formula is C15H18ClNO3. The zero-order chi connectivity index (χ0) is 15.0. The van der Waals surface area contributed by atoms with Crippen molar-refractivity contribution in [1.29, 1.82) is 0 Å². The van der Waals surface area contributed by atoms with E-state index in [1.54, 1.807) is 45.0 Å². The Kier molecular flexibility index (Phi) is 3.78. The Balaban J connectivity index is 2.06. The van der Waals surface area contributed by atoms with Gasteiger partial charge in [-0.1, -0.05) is 11.6 Å². The second-order valence-corrected chi connectivity index (χ2v) is 6.48. The van der Waals surface area contributed by atoms with Crippen LogP contribution in [0.3, 0.4) is 0 Å². The minimum absolute atomic E-state index is 0.0972. The fraction of sp³-hybridized carbons (Fsp3) is 0.467. The molecule has 4 nitrogen and oxygen atoms in total. The number of hydrogen-bond acceptors (Lipinski definition) is 3. The van der Waals surface area contributed by atoms with E-state index in [2.05, 4.69) is 5.32 Å². The summed E-state index contributed by atoms with van der Waals surface area (Å²) in [5.74, 6) is -0.0972. The van der Waals surface area contributed by atoms with Crippen molar-refractivity contribution < 1.29 is 14.3 Å². The third-order valence-electron chi connectivity index (χ3n) is 3.03. The number of amides is 1. The van der Waals surface area contributed by atoms with Crippen LogP contribution in [0.25, 0.3) is 0 Å². The van der Waals surface area contributed by atoms with E-state index in [0.29, 0.717) is 23.4 Å². The van der Waals surface area contributed by atoms with Crippen LogP contribution >= 0.6 is 11.6 Å². The second-order valence-electron chi connectivity index (χ2n) is 6.05. The van der Waals surface area contributed by atoms with Gasteiger partial charge in [0.15, 0.2) is 5.78 Å². The van der Waals surface area contributed by atoms with Gasteiger partial charge in [-0.3, -0.25) is 4.79 Å². The van der Waals surface area contributed by atoms with Crippen molar-refractivity contribution in [2.75, 3.05) is 0 Å². The SMILES string of the molecule is CC(C)(C)OC(=O)NC1(C(=O)c2ccc(Cl)cc2)CC1. The summed E-state index contributed by atoms with van der Waals surface area (Å²) in [5, 5.41) is 3.27. The van der Waals surface area contributed by atoms with Crippen LogP contribution in [0.2, 0.25) is 5.02 Å². The monoisotopic (exact) mass is 295 g/mol. The highest BCUT2D eigenvalue weighted by Gasteiger charge is 2.51. The van der Waals surface area contributed by atoms with Gasteiger partial charge in [-0.25, -0.2) is 4.79 Å². The van der Waals surface area contributed by atoms with Gasteiger partial charge in [0.05, 0.1) is 0 Å². The quantitative estimate of drug-likeness (QED) is 0.867. The molecule has 1 aromatic rings. The van der Waals surface area contributed by atoms with Crippen LogP contribution in [-0.2, 0) is 4.74 Å². The molecule has 0 aromatic heterocycles. The first kappa shape index (κ1) is 14.9. The van der Waals surface area contributed by atoms with Crippen LogP contribution in [0.4, 0.5) is 4.79 Å². The molecule has 1 saturated carbocycles. The first-order chi connectivity index (χ1) is 9.22. The predicted octanol–water partition coefficient (Wildman–Crippen LogP) is 3.58. The van der Waals surface area contributed by atoms with E-state index >= 15 is 0 Å². The number of carbonyl (C=O) groups excluding carboxylic acids is 2. The zero-order valence-corrected chi connectivity index (χ0v) is 12.6. The highest BCUT2D eigenvalue weighted by molar-refractivity contribution is 6.30. The number of halogens is 1. The Morgan fingerprint density at radius 2 is 1.75 bits per heavy atom. The summed E-state index contributed by atoms with van der Waals surface area (Å²) in [6.07, 6.45) is 0.707. The molecule has 1 amide bonds. The molecule has 0 atom stereocenters. The molecule has 1 aliphatic carbocycles. The average molecular weight is 296 g/mol. The van der Waals surface area contributed by atoms with Gasteiger partial charge in [0.1, 0.15) is 11.1 Å². The fourth-order valence-corrected chi connectivity index (χ4v) is 2.04. The summed E-state index contributed by atoms with van der Waals surface area (Å²) in [6, 6.07) is 6.67. The van der Waals surface area contributed by atoms with Crippen molar-refractivity contribution in [3.63, 3.8) is 0 Å². The van der Waals surface area contributed by atoms with Crippen molar-refractivity contribution in [1.82, 2.24) is 5.32 Å². The maximum absolute atomic E-state index is 12.4. The molecule has 1 aliphatic rings. The van der Waals surface area contributed by atoms with Crippen molar-refractivity contribution in [3.05, 3.63) is 34.9 Å². The maximum atomic E-state index is 12.4. The highest BCUT2D eigenvalue weighted by Crippen LogP contribution is 2.39. The summed E-state index contributed by atoms with van der Waals surface area (Å²) >= 11 is 5.80. The number of benzene rings is 1. The Labute approximate surface area is 123 Å². The van der Waals surface area contributed by atoms with Crippen molar-refractivity contribution in [3.8, 4) is 0 Å². The fourth-order valence-electron chi connectivity index (χ4n) is 1.91. The molecule has 5 heteroatoms. The minimum atomic E-state index is -0.809. The van der Waals surface area contributed by atoms with Gasteiger partial charge in [-0.15, -0.1) is 0 Å². The first-order valence-corrected chi connectivity index (χ1v) is 6.91. The van der Waals surface area contributed by atoms with Gasteiger partial charge < -0.3 is 10.1 Å². The van der Waals surface area contributed by atoms with Crippen molar-refractivity contribution >= 4 is 23.5 Å². The molecule has 0 spiro atoms. The van der Waals surface area contributed by atoms with E-state index in [-0.39, 0.29) is 5.78 Å². The number of hydrogen-bond donors (Lipinski definition) is 1. The summed E-state index contributed by atoms with van der Waals surface area (Å²) < 4.78 is 5.20. The number of rotatable bonds is 3. The third kappa shape index (κ3) is 3.51. The van der Waals surface area contributed by atoms with Crippen LogP contribution in [-0.4, -0.2) is 23.0 Å². The third-order valence-corrected chi connectivity index (χ3v) is 3.28. The van der Waals surface area contributed by atoms with Crippen molar-refractivity contribution in [2.45, 2.75) is 44.8 Å². The molecule has 1 N–H and O–H groups in total. The van der Waals surface area contributed by atoms with Gasteiger partial charge in [0, 0.05) is 10.6 Å². The van der Waals surface area contributed by atoms with Gasteiger partial charge in [-0.2, -0.15) is 0 Å². The summed E-state index contributed by atoms with van der Waals surface area (Å²) in [6.45, 7) is 5.35. The highest BCUT2D eigenvalue weighted by atomic mass is 35.5. The molecule has 1 fully saturated rings. The molecular weight excluding hydrogens is 278 g/mol. The van der Waals surface area contributed by atoms with Crippen LogP contribution in [0, 0.1) is 0 Å². The number of nitrogens with one attached hydrogen (secondary N) is 1. The molecule has 2 rings (SSSR count). The summed E-state index contributed by atoms with van der Waals surface area (Å²) in [4.78, 5) is 24.2. The lowest BCUT2D eigenvalue weighted by molar-refractivity contribution is 0.0482. The van der Waals surface area contributed by atoms with E-state index in [4.69, 9.17) is 16.3 Å². The summed E-state index contributed by atoms with van der Waals surface area (Å²) in [5.41, 5.74) is -0.845. The number of Topliss-reactive ketones (excluding diaryl/α,β-unsaturated/α-hetero) is 1. The van der Waals surface area contributed by atoms with Gasteiger partial charge in [0.2, 0.25) is 0 Å². The van der Waals surface area contributed by atoms with E-state index in [1.165, 1.54) is 0 Å². The molecule has 0 radical (unpaired) electrons. The van der Waals surface area contributed by atoms with Crippen molar-refractivity contribution in [2.24, 2.45) is 0 Å². The largest absolute Gasteiger partial charge is 0.444 e. The number of ether oxygens (including phenoxy) is 1. The Bertz CT molecular complexity index is 527. The molecule has 0 heterocycles. The van der Waals surface area contributed by atoms with Crippen LogP contribution in [0.15, 0.2) is 24.3 Å². The number of carbonyl (C=O) groups is 2. The van der Waals surface area contributed by atoms with E-state index in [1.807, 2.05) is 0 Å². The van der Waals surface area contributed by atoms with E-state index in [9.17, 15) is 9.59 Å². The molecule has 0 saturated heterocycles. The Morgan fingerprint density at radius 1 is 1.20 bits per heavy atom. The van der Waals surface area contributed by atoms with Crippen LogP contribution in [0.1, 0.15) is 44.0 Å². The van der Waals surface area contributed by atoms with Gasteiger partial charge >= 0.3 is 6.09 Å². The van der Waals surface area contributed by atoms with E-state index in [0.717, 1.165) is 0 Å². The Hall–Kier alpha value is -1.55. The second kappa shape index (κ2) is 5.09. The first-order valence-electron chi connectivity index (χ1n) is 6.53. The topological polar surface area (TPSA) is 55.4 Å². The summed E-state index contributed by atoms with van der Waals surface area (Å²) in [7, 11) is 0. The average Bonchev–Trinajstić information content (AvgIpc) is 3.07. The van der Waals surface area contributed by atoms with Gasteiger partial charge in [0.25, 0.3) is 0 Å². The molecule has 0 bridgehead atoms. The lowest BCUT2D eigenvalue weighted by Gasteiger charge is -2.22. The normalized spacial score (nSPS) is 16.4.